The molecule has 0 unspecified atom stereocenters. The van der Waals surface area contributed by atoms with E-state index in [2.05, 4.69) is 32.0 Å². The van der Waals surface area contributed by atoms with Crippen LogP contribution in [0.1, 0.15) is 11.1 Å². The Morgan fingerprint density at radius 1 is 0.938 bits per heavy atom. The van der Waals surface area contributed by atoms with E-state index < -0.39 is 0 Å². The summed E-state index contributed by atoms with van der Waals surface area (Å²) in [7, 11) is 0. The van der Waals surface area contributed by atoms with Gasteiger partial charge in [-0.05, 0) is 42.7 Å². The standard InChI is InChI=1S/C14H14ClN/c1-9-3-4-11(7-10(9)2)13-6-5-12(16)8-14(13)15/h3-8H,16H2,1-2H3. The lowest BCUT2D eigenvalue weighted by Crippen LogP contribution is -1.87. The largest absolute Gasteiger partial charge is 0.399 e. The van der Waals surface area contributed by atoms with Crippen molar-refractivity contribution in [1.29, 1.82) is 0 Å². The van der Waals surface area contributed by atoms with Gasteiger partial charge in [0.2, 0.25) is 0 Å². The summed E-state index contributed by atoms with van der Waals surface area (Å²) in [6.45, 7) is 4.20. The molecule has 0 amide bonds. The summed E-state index contributed by atoms with van der Waals surface area (Å²) < 4.78 is 0. The molecule has 0 spiro atoms. The van der Waals surface area contributed by atoms with Crippen molar-refractivity contribution in [1.82, 2.24) is 0 Å². The molecule has 82 valence electrons. The van der Waals surface area contributed by atoms with Crippen molar-refractivity contribution in [2.24, 2.45) is 0 Å². The molecule has 0 saturated carbocycles. The summed E-state index contributed by atoms with van der Waals surface area (Å²) in [4.78, 5) is 0. The second-order valence-electron chi connectivity index (χ2n) is 4.04. The van der Waals surface area contributed by atoms with E-state index in [0.717, 1.165) is 11.1 Å². The molecule has 0 aliphatic heterocycles. The molecule has 0 atom stereocenters. The van der Waals surface area contributed by atoms with Gasteiger partial charge in [-0.2, -0.15) is 0 Å². The summed E-state index contributed by atoms with van der Waals surface area (Å²) in [5, 5.41) is 0.697. The molecule has 0 aromatic heterocycles. The van der Waals surface area contributed by atoms with Gasteiger partial charge in [-0.3, -0.25) is 0 Å². The molecule has 0 radical (unpaired) electrons. The smallest absolute Gasteiger partial charge is 0.0504 e. The highest BCUT2D eigenvalue weighted by atomic mass is 35.5. The van der Waals surface area contributed by atoms with Crippen LogP contribution in [-0.4, -0.2) is 0 Å². The molecular formula is C14H14ClN. The quantitative estimate of drug-likeness (QED) is 0.732. The first-order valence-corrected chi connectivity index (χ1v) is 5.58. The van der Waals surface area contributed by atoms with E-state index >= 15 is 0 Å². The van der Waals surface area contributed by atoms with Crippen molar-refractivity contribution in [2.45, 2.75) is 13.8 Å². The highest BCUT2D eigenvalue weighted by molar-refractivity contribution is 6.33. The van der Waals surface area contributed by atoms with Crippen LogP contribution in [0.3, 0.4) is 0 Å². The number of benzene rings is 2. The third kappa shape index (κ3) is 2.05. The Kier molecular flexibility index (Phi) is 2.88. The molecule has 2 aromatic carbocycles. The van der Waals surface area contributed by atoms with Crippen LogP contribution in [0.4, 0.5) is 5.69 Å². The maximum Gasteiger partial charge on any atom is 0.0504 e. The molecule has 1 nitrogen and oxygen atoms in total. The van der Waals surface area contributed by atoms with Crippen LogP contribution in [0, 0.1) is 13.8 Å². The zero-order valence-electron chi connectivity index (χ0n) is 9.42. The number of rotatable bonds is 1. The molecule has 0 heterocycles. The normalized spacial score (nSPS) is 10.4. The number of nitrogen functional groups attached to an aromatic ring is 1. The van der Waals surface area contributed by atoms with Gasteiger partial charge in [-0.1, -0.05) is 35.9 Å². The zero-order valence-corrected chi connectivity index (χ0v) is 10.2. The summed E-state index contributed by atoms with van der Waals surface area (Å²) in [5.41, 5.74) is 11.1. The van der Waals surface area contributed by atoms with Crippen molar-refractivity contribution in [2.75, 3.05) is 5.73 Å². The first-order chi connectivity index (χ1) is 7.58. The number of halogens is 1. The Morgan fingerprint density at radius 3 is 2.31 bits per heavy atom. The van der Waals surface area contributed by atoms with E-state index in [1.165, 1.54) is 11.1 Å². The van der Waals surface area contributed by atoms with Crippen molar-refractivity contribution in [3.05, 3.63) is 52.5 Å². The van der Waals surface area contributed by atoms with Crippen LogP contribution in [-0.2, 0) is 0 Å². The Bertz CT molecular complexity index is 532. The summed E-state index contributed by atoms with van der Waals surface area (Å²) in [6.07, 6.45) is 0. The lowest BCUT2D eigenvalue weighted by atomic mass is 10.0. The number of anilines is 1. The predicted octanol–water partition coefficient (Wildman–Crippen LogP) is 4.21. The van der Waals surface area contributed by atoms with Crippen molar-refractivity contribution in [3.63, 3.8) is 0 Å². The minimum atomic E-state index is 0.692. The lowest BCUT2D eigenvalue weighted by Gasteiger charge is -2.08. The predicted molar refractivity (Wildman–Crippen MR) is 70.8 cm³/mol. The first-order valence-electron chi connectivity index (χ1n) is 5.20. The fourth-order valence-electron chi connectivity index (χ4n) is 1.67. The molecule has 0 saturated heterocycles. The van der Waals surface area contributed by atoms with Crippen molar-refractivity contribution >= 4 is 17.3 Å². The fourth-order valence-corrected chi connectivity index (χ4v) is 1.97. The minimum absolute atomic E-state index is 0.692. The molecule has 0 bridgehead atoms. The molecule has 2 N–H and O–H groups in total. The van der Waals surface area contributed by atoms with Gasteiger partial charge in [-0.25, -0.2) is 0 Å². The van der Waals surface area contributed by atoms with Gasteiger partial charge < -0.3 is 5.73 Å². The molecule has 16 heavy (non-hydrogen) atoms. The molecule has 2 rings (SSSR count). The van der Waals surface area contributed by atoms with E-state index in [-0.39, 0.29) is 0 Å². The molecule has 0 aliphatic carbocycles. The van der Waals surface area contributed by atoms with Crippen LogP contribution in [0.2, 0.25) is 5.02 Å². The molecule has 2 aromatic rings. The maximum atomic E-state index is 6.18. The van der Waals surface area contributed by atoms with Gasteiger partial charge in [0.15, 0.2) is 0 Å². The van der Waals surface area contributed by atoms with Gasteiger partial charge in [0.25, 0.3) is 0 Å². The van der Waals surface area contributed by atoms with Gasteiger partial charge in [0.05, 0.1) is 5.02 Å². The van der Waals surface area contributed by atoms with Crippen LogP contribution in [0.5, 0.6) is 0 Å². The monoisotopic (exact) mass is 231 g/mol. The fraction of sp³-hybridized carbons (Fsp3) is 0.143. The van der Waals surface area contributed by atoms with Crippen LogP contribution in [0.25, 0.3) is 11.1 Å². The van der Waals surface area contributed by atoms with Gasteiger partial charge in [-0.15, -0.1) is 0 Å². The van der Waals surface area contributed by atoms with E-state index in [9.17, 15) is 0 Å². The third-order valence-electron chi connectivity index (χ3n) is 2.81. The van der Waals surface area contributed by atoms with E-state index in [4.69, 9.17) is 17.3 Å². The maximum absolute atomic E-state index is 6.18. The number of hydrogen-bond acceptors (Lipinski definition) is 1. The lowest BCUT2D eigenvalue weighted by molar-refractivity contribution is 1.34. The SMILES string of the molecule is Cc1ccc(-c2ccc(N)cc2Cl)cc1C. The van der Waals surface area contributed by atoms with Gasteiger partial charge in [0, 0.05) is 11.3 Å². The average molecular weight is 232 g/mol. The summed E-state index contributed by atoms with van der Waals surface area (Å²) in [6, 6.07) is 12.0. The second-order valence-corrected chi connectivity index (χ2v) is 4.45. The van der Waals surface area contributed by atoms with Crippen LogP contribution in [0.15, 0.2) is 36.4 Å². The molecular weight excluding hydrogens is 218 g/mol. The van der Waals surface area contributed by atoms with Crippen LogP contribution >= 0.6 is 11.6 Å². The molecule has 2 heteroatoms. The Hall–Kier alpha value is -1.47. The topological polar surface area (TPSA) is 26.0 Å². The zero-order chi connectivity index (χ0) is 11.7. The first kappa shape index (κ1) is 11.0. The van der Waals surface area contributed by atoms with Gasteiger partial charge in [0.1, 0.15) is 0 Å². The Labute approximate surface area is 101 Å². The average Bonchev–Trinajstić information content (AvgIpc) is 2.22. The van der Waals surface area contributed by atoms with E-state index in [0.29, 0.717) is 10.7 Å². The Morgan fingerprint density at radius 2 is 1.69 bits per heavy atom. The highest BCUT2D eigenvalue weighted by Crippen LogP contribution is 2.30. The number of aryl methyl sites for hydroxylation is 2. The highest BCUT2D eigenvalue weighted by Gasteiger charge is 2.04. The number of nitrogens with two attached hydrogens (primary N) is 1. The summed E-state index contributed by atoms with van der Waals surface area (Å²) >= 11 is 6.18. The van der Waals surface area contributed by atoms with E-state index in [1.807, 2.05) is 12.1 Å². The summed E-state index contributed by atoms with van der Waals surface area (Å²) in [5.74, 6) is 0. The number of hydrogen-bond donors (Lipinski definition) is 1. The molecule has 0 fully saturated rings. The molecule has 0 aliphatic rings. The van der Waals surface area contributed by atoms with Gasteiger partial charge >= 0.3 is 0 Å². The van der Waals surface area contributed by atoms with Crippen molar-refractivity contribution < 1.29 is 0 Å². The third-order valence-corrected chi connectivity index (χ3v) is 3.12. The second kappa shape index (κ2) is 4.18. The van der Waals surface area contributed by atoms with Crippen LogP contribution < -0.4 is 5.73 Å². The van der Waals surface area contributed by atoms with E-state index in [1.54, 1.807) is 6.07 Å². The Balaban J connectivity index is 2.54. The van der Waals surface area contributed by atoms with Crippen molar-refractivity contribution in [3.8, 4) is 11.1 Å². The minimum Gasteiger partial charge on any atom is -0.399 e.